The van der Waals surface area contributed by atoms with E-state index < -0.39 is 15.9 Å². The van der Waals surface area contributed by atoms with Crippen LogP contribution in [0.25, 0.3) is 0 Å². The van der Waals surface area contributed by atoms with E-state index in [-0.39, 0.29) is 24.6 Å². The van der Waals surface area contributed by atoms with Crippen LogP contribution in [0.2, 0.25) is 0 Å². The molecule has 1 aromatic heterocycles. The lowest BCUT2D eigenvalue weighted by molar-refractivity contribution is 0.301. The molecule has 0 aliphatic rings. The third-order valence-corrected chi connectivity index (χ3v) is 5.06. The van der Waals surface area contributed by atoms with Gasteiger partial charge in [-0.3, -0.25) is 0 Å². The van der Waals surface area contributed by atoms with Crippen LogP contribution in [-0.4, -0.2) is 48.4 Å². The number of allylic oxidation sites excluding steroid dienone is 1. The number of hydrogen-bond donors (Lipinski definition) is 1. The number of sulfonamides is 1. The quantitative estimate of drug-likeness (QED) is 0.742. The van der Waals surface area contributed by atoms with Crippen molar-refractivity contribution in [3.05, 3.63) is 48.1 Å². The second-order valence-electron chi connectivity index (χ2n) is 5.34. The lowest BCUT2D eigenvalue weighted by atomic mass is 10.3. The van der Waals surface area contributed by atoms with Gasteiger partial charge in [0.05, 0.1) is 17.6 Å². The maximum Gasteiger partial charge on any atom is 0.242 e. The lowest BCUT2D eigenvalue weighted by Gasteiger charge is -2.11. The number of halogens is 1. The molecule has 2 N–H and O–H groups in total. The molecule has 0 spiro atoms. The van der Waals surface area contributed by atoms with Gasteiger partial charge in [-0.1, -0.05) is 5.21 Å². The SMILES string of the molecule is CN(C)S(=O)(=O)c1ccc(OCc2cn(C/C(F)=C/CN)nn2)cc1. The van der Waals surface area contributed by atoms with Crippen LogP contribution in [0.5, 0.6) is 5.75 Å². The molecule has 8 nitrogen and oxygen atoms in total. The summed E-state index contributed by atoms with van der Waals surface area (Å²) in [6.45, 7) is 0.208. The smallest absolute Gasteiger partial charge is 0.242 e. The van der Waals surface area contributed by atoms with E-state index in [4.69, 9.17) is 10.5 Å². The third kappa shape index (κ3) is 5.08. The molecule has 0 amide bonds. The van der Waals surface area contributed by atoms with Gasteiger partial charge in [-0.15, -0.1) is 5.10 Å². The van der Waals surface area contributed by atoms with Crippen LogP contribution >= 0.6 is 0 Å². The summed E-state index contributed by atoms with van der Waals surface area (Å²) >= 11 is 0. The van der Waals surface area contributed by atoms with Gasteiger partial charge in [0.2, 0.25) is 10.0 Å². The molecule has 2 rings (SSSR count). The molecule has 0 unspecified atom stereocenters. The molecule has 10 heteroatoms. The molecule has 1 heterocycles. The van der Waals surface area contributed by atoms with Crippen molar-refractivity contribution in [1.29, 1.82) is 0 Å². The number of aromatic nitrogens is 3. The molecular formula is C15H20FN5O3S. The Kier molecular flexibility index (Phi) is 6.23. The molecule has 0 bridgehead atoms. The van der Waals surface area contributed by atoms with E-state index in [0.717, 1.165) is 4.31 Å². The monoisotopic (exact) mass is 369 g/mol. The predicted molar refractivity (Wildman–Crippen MR) is 89.9 cm³/mol. The molecular weight excluding hydrogens is 349 g/mol. The molecule has 0 fully saturated rings. The van der Waals surface area contributed by atoms with Crippen LogP contribution in [0, 0.1) is 0 Å². The summed E-state index contributed by atoms with van der Waals surface area (Å²) in [5.41, 5.74) is 5.75. The van der Waals surface area contributed by atoms with Crippen LogP contribution in [0.4, 0.5) is 4.39 Å². The minimum atomic E-state index is -3.47. The van der Waals surface area contributed by atoms with Gasteiger partial charge >= 0.3 is 0 Å². The molecule has 136 valence electrons. The Hall–Kier alpha value is -2.30. The Morgan fingerprint density at radius 3 is 2.64 bits per heavy atom. The number of nitrogens with two attached hydrogens (primary N) is 1. The summed E-state index contributed by atoms with van der Waals surface area (Å²) in [6.07, 6.45) is 2.83. The first kappa shape index (κ1) is 19.0. The highest BCUT2D eigenvalue weighted by molar-refractivity contribution is 7.89. The van der Waals surface area contributed by atoms with Crippen molar-refractivity contribution >= 4 is 10.0 Å². The minimum absolute atomic E-state index is 0.0404. The number of benzene rings is 1. The van der Waals surface area contributed by atoms with E-state index in [9.17, 15) is 12.8 Å². The average Bonchev–Trinajstić information content (AvgIpc) is 3.00. The summed E-state index contributed by atoms with van der Waals surface area (Å²) in [6, 6.07) is 6.05. The zero-order valence-electron chi connectivity index (χ0n) is 14.0. The van der Waals surface area contributed by atoms with Crippen molar-refractivity contribution in [3.63, 3.8) is 0 Å². The van der Waals surface area contributed by atoms with Crippen molar-refractivity contribution in [3.8, 4) is 5.75 Å². The summed E-state index contributed by atoms with van der Waals surface area (Å²) < 4.78 is 45.3. The molecule has 0 aliphatic carbocycles. The fraction of sp³-hybridized carbons (Fsp3) is 0.333. The predicted octanol–water partition coefficient (Wildman–Crippen LogP) is 0.920. The summed E-state index contributed by atoms with van der Waals surface area (Å²) in [5.74, 6) is 0.0963. The van der Waals surface area contributed by atoms with Crippen LogP contribution < -0.4 is 10.5 Å². The van der Waals surface area contributed by atoms with Gasteiger partial charge in [0.1, 0.15) is 23.9 Å². The van der Waals surface area contributed by atoms with E-state index in [1.54, 1.807) is 18.3 Å². The van der Waals surface area contributed by atoms with Crippen molar-refractivity contribution < 1.29 is 17.5 Å². The Morgan fingerprint density at radius 2 is 2.04 bits per heavy atom. The van der Waals surface area contributed by atoms with E-state index in [1.807, 2.05) is 0 Å². The van der Waals surface area contributed by atoms with E-state index in [2.05, 4.69) is 10.3 Å². The third-order valence-electron chi connectivity index (χ3n) is 3.23. The minimum Gasteiger partial charge on any atom is -0.487 e. The fourth-order valence-electron chi connectivity index (χ4n) is 1.91. The number of nitrogens with zero attached hydrogens (tertiary/aromatic N) is 4. The van der Waals surface area contributed by atoms with Crippen LogP contribution in [0.15, 0.2) is 47.3 Å². The molecule has 1 aromatic carbocycles. The maximum atomic E-state index is 13.3. The van der Waals surface area contributed by atoms with Crippen LogP contribution in [-0.2, 0) is 23.2 Å². The van der Waals surface area contributed by atoms with Gasteiger partial charge < -0.3 is 10.5 Å². The second kappa shape index (κ2) is 8.19. The van der Waals surface area contributed by atoms with Crippen molar-refractivity contribution in [2.24, 2.45) is 5.73 Å². The number of rotatable bonds is 8. The highest BCUT2D eigenvalue weighted by Gasteiger charge is 2.16. The van der Waals surface area contributed by atoms with Crippen molar-refractivity contribution in [2.75, 3.05) is 20.6 Å². The number of ether oxygens (including phenoxy) is 1. The molecule has 0 radical (unpaired) electrons. The summed E-state index contributed by atoms with van der Waals surface area (Å²) in [5, 5.41) is 7.68. The first-order valence-electron chi connectivity index (χ1n) is 7.42. The Morgan fingerprint density at radius 1 is 1.36 bits per heavy atom. The van der Waals surface area contributed by atoms with E-state index in [0.29, 0.717) is 11.4 Å². The Bertz CT molecular complexity index is 831. The largest absolute Gasteiger partial charge is 0.487 e. The van der Waals surface area contributed by atoms with Crippen molar-refractivity contribution in [2.45, 2.75) is 18.0 Å². The first-order chi connectivity index (χ1) is 11.8. The van der Waals surface area contributed by atoms with Gasteiger partial charge in [0, 0.05) is 20.6 Å². The Balaban J connectivity index is 1.96. The lowest BCUT2D eigenvalue weighted by Crippen LogP contribution is -2.22. The standard InChI is InChI=1S/C15H20FN5O3S/c1-20(2)25(22,23)15-5-3-14(4-6-15)24-11-13-10-21(19-18-13)9-12(16)7-8-17/h3-7,10H,8-9,11,17H2,1-2H3/b12-7-. The topological polar surface area (TPSA) is 103 Å². The van der Waals surface area contributed by atoms with Gasteiger partial charge in [0.25, 0.3) is 0 Å². The molecule has 25 heavy (non-hydrogen) atoms. The average molecular weight is 369 g/mol. The van der Waals surface area contributed by atoms with E-state index >= 15 is 0 Å². The van der Waals surface area contributed by atoms with Gasteiger partial charge in [-0.05, 0) is 30.3 Å². The van der Waals surface area contributed by atoms with Gasteiger partial charge in [-0.25, -0.2) is 21.8 Å². The maximum absolute atomic E-state index is 13.3. The normalized spacial score (nSPS) is 12.6. The fourth-order valence-corrected chi connectivity index (χ4v) is 2.81. The highest BCUT2D eigenvalue weighted by atomic mass is 32.2. The van der Waals surface area contributed by atoms with Crippen LogP contribution in [0.3, 0.4) is 0 Å². The first-order valence-corrected chi connectivity index (χ1v) is 8.86. The molecule has 0 atom stereocenters. The Labute approximate surface area is 145 Å². The molecule has 0 saturated carbocycles. The molecule has 0 aliphatic heterocycles. The molecule has 2 aromatic rings. The van der Waals surface area contributed by atoms with Gasteiger partial charge in [-0.2, -0.15) is 0 Å². The zero-order chi connectivity index (χ0) is 18.4. The zero-order valence-corrected chi connectivity index (χ0v) is 14.8. The summed E-state index contributed by atoms with van der Waals surface area (Å²) in [4.78, 5) is 0.179. The van der Waals surface area contributed by atoms with E-state index in [1.165, 1.54) is 37.0 Å². The second-order valence-corrected chi connectivity index (χ2v) is 7.49. The molecule has 0 saturated heterocycles. The van der Waals surface area contributed by atoms with Crippen molar-refractivity contribution in [1.82, 2.24) is 19.3 Å². The summed E-state index contributed by atoms with van der Waals surface area (Å²) in [7, 11) is -0.538. The van der Waals surface area contributed by atoms with Crippen LogP contribution in [0.1, 0.15) is 5.69 Å². The highest BCUT2D eigenvalue weighted by Crippen LogP contribution is 2.18. The van der Waals surface area contributed by atoms with Gasteiger partial charge in [0.15, 0.2) is 0 Å². The number of hydrogen-bond acceptors (Lipinski definition) is 6.